The molecule has 1 aliphatic rings. The van der Waals surface area contributed by atoms with Crippen LogP contribution in [0.1, 0.15) is 40.0 Å². The maximum Gasteiger partial charge on any atom is 0.224 e. The Labute approximate surface area is 118 Å². The van der Waals surface area contributed by atoms with Gasteiger partial charge in [-0.1, -0.05) is 20.8 Å². The summed E-state index contributed by atoms with van der Waals surface area (Å²) in [5, 5.41) is 3.02. The predicted octanol–water partition coefficient (Wildman–Crippen LogP) is 1.46. The first-order valence-electron chi connectivity index (χ1n) is 7.74. The standard InChI is InChI=1S/C15H31N3O/c1-12(2)14(11-16)15(19)17-7-4-8-18-9-5-13(3)6-10-18/h12-14H,4-11,16H2,1-3H3,(H,17,19). The lowest BCUT2D eigenvalue weighted by Crippen LogP contribution is -2.39. The van der Waals surface area contributed by atoms with Gasteiger partial charge in [-0.15, -0.1) is 0 Å². The zero-order chi connectivity index (χ0) is 14.3. The smallest absolute Gasteiger partial charge is 0.224 e. The van der Waals surface area contributed by atoms with Gasteiger partial charge in [-0.3, -0.25) is 4.79 Å². The topological polar surface area (TPSA) is 58.4 Å². The van der Waals surface area contributed by atoms with Crippen LogP contribution in [-0.2, 0) is 4.79 Å². The summed E-state index contributed by atoms with van der Waals surface area (Å²) < 4.78 is 0. The van der Waals surface area contributed by atoms with Gasteiger partial charge in [0.2, 0.25) is 5.91 Å². The monoisotopic (exact) mass is 269 g/mol. The summed E-state index contributed by atoms with van der Waals surface area (Å²) in [6.45, 7) is 11.2. The molecule has 0 aromatic carbocycles. The van der Waals surface area contributed by atoms with Gasteiger partial charge in [0.05, 0.1) is 5.92 Å². The zero-order valence-electron chi connectivity index (χ0n) is 12.8. The van der Waals surface area contributed by atoms with Crippen molar-refractivity contribution in [3.8, 4) is 0 Å². The highest BCUT2D eigenvalue weighted by Gasteiger charge is 2.20. The first kappa shape index (κ1) is 16.4. The van der Waals surface area contributed by atoms with Gasteiger partial charge in [-0.25, -0.2) is 0 Å². The molecule has 1 amide bonds. The van der Waals surface area contributed by atoms with Crippen molar-refractivity contribution in [2.75, 3.05) is 32.7 Å². The molecule has 1 atom stereocenters. The summed E-state index contributed by atoms with van der Waals surface area (Å²) in [5.41, 5.74) is 5.64. The van der Waals surface area contributed by atoms with Gasteiger partial charge in [0, 0.05) is 13.1 Å². The van der Waals surface area contributed by atoms with Gasteiger partial charge in [0.1, 0.15) is 0 Å². The van der Waals surface area contributed by atoms with Gasteiger partial charge in [-0.05, 0) is 50.7 Å². The number of amides is 1. The maximum atomic E-state index is 11.9. The third-order valence-corrected chi connectivity index (χ3v) is 4.22. The Bertz CT molecular complexity index is 260. The van der Waals surface area contributed by atoms with E-state index in [0.717, 1.165) is 25.4 Å². The van der Waals surface area contributed by atoms with E-state index in [1.807, 2.05) is 13.8 Å². The van der Waals surface area contributed by atoms with Crippen LogP contribution >= 0.6 is 0 Å². The van der Waals surface area contributed by atoms with Crippen molar-refractivity contribution in [2.24, 2.45) is 23.5 Å². The van der Waals surface area contributed by atoms with Crippen LogP contribution in [0.5, 0.6) is 0 Å². The van der Waals surface area contributed by atoms with E-state index >= 15 is 0 Å². The summed E-state index contributed by atoms with van der Waals surface area (Å²) in [6.07, 6.45) is 3.67. The molecule has 1 unspecified atom stereocenters. The van der Waals surface area contributed by atoms with E-state index in [0.29, 0.717) is 12.5 Å². The van der Waals surface area contributed by atoms with Crippen LogP contribution in [0.2, 0.25) is 0 Å². The molecule has 4 nitrogen and oxygen atoms in total. The Morgan fingerprint density at radius 2 is 2.00 bits per heavy atom. The summed E-state index contributed by atoms with van der Waals surface area (Å²) in [4.78, 5) is 14.4. The summed E-state index contributed by atoms with van der Waals surface area (Å²) in [6, 6.07) is 0. The minimum Gasteiger partial charge on any atom is -0.356 e. The highest BCUT2D eigenvalue weighted by molar-refractivity contribution is 5.79. The molecule has 19 heavy (non-hydrogen) atoms. The molecule has 1 rings (SSSR count). The van der Waals surface area contributed by atoms with Crippen LogP contribution in [0.3, 0.4) is 0 Å². The second-order valence-corrected chi connectivity index (χ2v) is 6.25. The molecule has 1 saturated heterocycles. The molecule has 0 radical (unpaired) electrons. The molecule has 0 aromatic heterocycles. The van der Waals surface area contributed by atoms with Crippen molar-refractivity contribution in [3.05, 3.63) is 0 Å². The van der Waals surface area contributed by atoms with E-state index < -0.39 is 0 Å². The highest BCUT2D eigenvalue weighted by Crippen LogP contribution is 2.15. The number of carbonyl (C=O) groups excluding carboxylic acids is 1. The molecule has 0 saturated carbocycles. The van der Waals surface area contributed by atoms with Gasteiger partial charge in [0.25, 0.3) is 0 Å². The molecule has 1 fully saturated rings. The van der Waals surface area contributed by atoms with Crippen LogP contribution in [0.4, 0.5) is 0 Å². The SMILES string of the molecule is CC1CCN(CCCNC(=O)C(CN)C(C)C)CC1. The third-order valence-electron chi connectivity index (χ3n) is 4.22. The number of piperidine rings is 1. The van der Waals surface area contributed by atoms with Gasteiger partial charge < -0.3 is 16.0 Å². The average molecular weight is 269 g/mol. The summed E-state index contributed by atoms with van der Waals surface area (Å²) in [5.74, 6) is 1.27. The van der Waals surface area contributed by atoms with Crippen LogP contribution in [0.15, 0.2) is 0 Å². The third kappa shape index (κ3) is 5.91. The number of hydrogen-bond donors (Lipinski definition) is 2. The fourth-order valence-electron chi connectivity index (χ4n) is 2.61. The van der Waals surface area contributed by atoms with E-state index in [4.69, 9.17) is 5.73 Å². The minimum atomic E-state index is -0.0455. The molecule has 4 heteroatoms. The highest BCUT2D eigenvalue weighted by atomic mass is 16.1. The number of rotatable bonds is 7. The fraction of sp³-hybridized carbons (Fsp3) is 0.933. The van der Waals surface area contributed by atoms with Gasteiger partial charge in [0.15, 0.2) is 0 Å². The van der Waals surface area contributed by atoms with Crippen molar-refractivity contribution >= 4 is 5.91 Å². The van der Waals surface area contributed by atoms with Gasteiger partial charge >= 0.3 is 0 Å². The molecule has 3 N–H and O–H groups in total. The lowest BCUT2D eigenvalue weighted by molar-refractivity contribution is -0.125. The molecule has 0 spiro atoms. The van der Waals surface area contributed by atoms with Crippen molar-refractivity contribution < 1.29 is 4.79 Å². The molecule has 112 valence electrons. The number of nitrogens with two attached hydrogens (primary N) is 1. The van der Waals surface area contributed by atoms with Crippen LogP contribution in [0.25, 0.3) is 0 Å². The van der Waals surface area contributed by atoms with Crippen molar-refractivity contribution in [1.82, 2.24) is 10.2 Å². The number of nitrogens with one attached hydrogen (secondary N) is 1. The molecule has 0 aromatic rings. The quantitative estimate of drug-likeness (QED) is 0.688. The first-order valence-corrected chi connectivity index (χ1v) is 7.74. The predicted molar refractivity (Wildman–Crippen MR) is 79.8 cm³/mol. The summed E-state index contributed by atoms with van der Waals surface area (Å²) >= 11 is 0. The van der Waals surface area contributed by atoms with E-state index in [1.54, 1.807) is 0 Å². The minimum absolute atomic E-state index is 0.0455. The van der Waals surface area contributed by atoms with E-state index in [2.05, 4.69) is 17.1 Å². The molecular formula is C15H31N3O. The van der Waals surface area contributed by atoms with Crippen LogP contribution < -0.4 is 11.1 Å². The fourth-order valence-corrected chi connectivity index (χ4v) is 2.61. The number of hydrogen-bond acceptors (Lipinski definition) is 3. The Morgan fingerprint density at radius 1 is 1.37 bits per heavy atom. The average Bonchev–Trinajstić information content (AvgIpc) is 2.37. The Balaban J connectivity index is 2.11. The molecule has 0 aliphatic carbocycles. The normalized spacial score (nSPS) is 19.6. The van der Waals surface area contributed by atoms with Crippen LogP contribution in [0, 0.1) is 17.8 Å². The Kier molecular flexibility index (Phi) is 7.39. The Morgan fingerprint density at radius 3 is 2.53 bits per heavy atom. The molecule has 1 aliphatic heterocycles. The van der Waals surface area contributed by atoms with E-state index in [1.165, 1.54) is 25.9 Å². The second-order valence-electron chi connectivity index (χ2n) is 6.25. The van der Waals surface area contributed by atoms with E-state index in [9.17, 15) is 4.79 Å². The lowest BCUT2D eigenvalue weighted by atomic mass is 9.95. The molecular weight excluding hydrogens is 238 g/mol. The molecule has 0 bridgehead atoms. The van der Waals surface area contributed by atoms with Crippen molar-refractivity contribution in [2.45, 2.75) is 40.0 Å². The van der Waals surface area contributed by atoms with Gasteiger partial charge in [-0.2, -0.15) is 0 Å². The molecule has 1 heterocycles. The lowest BCUT2D eigenvalue weighted by Gasteiger charge is -2.30. The second kappa shape index (κ2) is 8.54. The van der Waals surface area contributed by atoms with Crippen molar-refractivity contribution in [1.29, 1.82) is 0 Å². The Hall–Kier alpha value is -0.610. The van der Waals surface area contributed by atoms with Crippen LogP contribution in [-0.4, -0.2) is 43.5 Å². The number of likely N-dealkylation sites (tertiary alicyclic amines) is 1. The summed E-state index contributed by atoms with van der Waals surface area (Å²) in [7, 11) is 0. The maximum absolute atomic E-state index is 11.9. The van der Waals surface area contributed by atoms with Crippen molar-refractivity contribution in [3.63, 3.8) is 0 Å². The largest absolute Gasteiger partial charge is 0.356 e. The number of carbonyl (C=O) groups is 1. The first-order chi connectivity index (χ1) is 9.04. The zero-order valence-corrected chi connectivity index (χ0v) is 12.8. The number of nitrogens with zero attached hydrogens (tertiary/aromatic N) is 1. The van der Waals surface area contributed by atoms with E-state index in [-0.39, 0.29) is 11.8 Å².